The van der Waals surface area contributed by atoms with Gasteiger partial charge in [-0.1, -0.05) is 0 Å². The van der Waals surface area contributed by atoms with Gasteiger partial charge < -0.3 is 10.5 Å². The van der Waals surface area contributed by atoms with Crippen LogP contribution in [0, 0.1) is 5.92 Å². The quantitative estimate of drug-likeness (QED) is 0.727. The molecule has 0 bridgehead atoms. The lowest BCUT2D eigenvalue weighted by Gasteiger charge is -2.31. The Hall–Kier alpha value is -0.120. The number of nitrogens with two attached hydrogens (primary N) is 1. The molecule has 0 aromatic heterocycles. The summed E-state index contributed by atoms with van der Waals surface area (Å²) in [6.45, 7) is 6.36. The summed E-state index contributed by atoms with van der Waals surface area (Å²) in [7, 11) is 0. The Balaban J connectivity index is 1.63. The summed E-state index contributed by atoms with van der Waals surface area (Å²) >= 11 is 0. The van der Waals surface area contributed by atoms with Crippen LogP contribution in [0.25, 0.3) is 0 Å². The minimum Gasteiger partial charge on any atom is -0.376 e. The fourth-order valence-corrected chi connectivity index (χ4v) is 2.19. The number of hydrogen-bond acceptors (Lipinski definition) is 3. The van der Waals surface area contributed by atoms with Gasteiger partial charge in [0, 0.05) is 19.1 Å². The molecule has 2 fully saturated rings. The van der Waals surface area contributed by atoms with Crippen LogP contribution in [0.3, 0.4) is 0 Å². The molecule has 1 saturated carbocycles. The van der Waals surface area contributed by atoms with Gasteiger partial charge in [0.15, 0.2) is 0 Å². The van der Waals surface area contributed by atoms with E-state index in [9.17, 15) is 0 Å². The molecule has 1 heterocycles. The minimum absolute atomic E-state index is 0.404. The van der Waals surface area contributed by atoms with Gasteiger partial charge in [-0.2, -0.15) is 0 Å². The summed E-state index contributed by atoms with van der Waals surface area (Å²) in [6.07, 6.45) is 4.29. The molecular formula is C11H22N2O. The third-order valence-corrected chi connectivity index (χ3v) is 3.33. The second-order valence-corrected chi connectivity index (χ2v) is 4.77. The lowest BCUT2D eigenvalue weighted by Crippen LogP contribution is -2.43. The molecule has 2 N–H and O–H groups in total. The molecule has 2 rings (SSSR count). The van der Waals surface area contributed by atoms with E-state index in [4.69, 9.17) is 10.5 Å². The highest BCUT2D eigenvalue weighted by atomic mass is 16.5. The zero-order valence-electron chi connectivity index (χ0n) is 9.11. The SMILES string of the molecule is CC1CN(CCC(N)C2CC2)CCO1. The molecule has 1 saturated heterocycles. The molecule has 1 aliphatic heterocycles. The maximum atomic E-state index is 6.07. The number of nitrogens with zero attached hydrogens (tertiary/aromatic N) is 1. The van der Waals surface area contributed by atoms with E-state index >= 15 is 0 Å². The van der Waals surface area contributed by atoms with E-state index in [0.717, 1.165) is 38.6 Å². The predicted octanol–water partition coefficient (Wildman–Crippen LogP) is 0.834. The highest BCUT2D eigenvalue weighted by Gasteiger charge is 2.28. The van der Waals surface area contributed by atoms with Crippen LogP contribution >= 0.6 is 0 Å². The molecule has 14 heavy (non-hydrogen) atoms. The van der Waals surface area contributed by atoms with Crippen molar-refractivity contribution in [1.29, 1.82) is 0 Å². The van der Waals surface area contributed by atoms with Crippen LogP contribution in [-0.4, -0.2) is 43.3 Å². The highest BCUT2D eigenvalue weighted by molar-refractivity contribution is 4.84. The van der Waals surface area contributed by atoms with E-state index in [1.54, 1.807) is 0 Å². The minimum atomic E-state index is 0.404. The molecule has 2 atom stereocenters. The van der Waals surface area contributed by atoms with Crippen molar-refractivity contribution in [2.24, 2.45) is 11.7 Å². The topological polar surface area (TPSA) is 38.5 Å². The summed E-state index contributed by atoms with van der Waals surface area (Å²) in [6, 6.07) is 0.452. The summed E-state index contributed by atoms with van der Waals surface area (Å²) in [5, 5.41) is 0. The zero-order valence-corrected chi connectivity index (χ0v) is 9.11. The van der Waals surface area contributed by atoms with Gasteiger partial charge in [0.05, 0.1) is 12.7 Å². The van der Waals surface area contributed by atoms with Crippen molar-refractivity contribution >= 4 is 0 Å². The van der Waals surface area contributed by atoms with Gasteiger partial charge in [-0.05, 0) is 38.6 Å². The third kappa shape index (κ3) is 2.94. The molecule has 0 radical (unpaired) electrons. The molecule has 2 aliphatic rings. The van der Waals surface area contributed by atoms with Gasteiger partial charge in [-0.3, -0.25) is 4.90 Å². The molecular weight excluding hydrogens is 176 g/mol. The van der Waals surface area contributed by atoms with Gasteiger partial charge in [0.1, 0.15) is 0 Å². The van der Waals surface area contributed by atoms with E-state index in [1.807, 2.05) is 0 Å². The predicted molar refractivity (Wildman–Crippen MR) is 57.2 cm³/mol. The number of morpholine rings is 1. The van der Waals surface area contributed by atoms with Crippen LogP contribution in [-0.2, 0) is 4.74 Å². The summed E-state index contributed by atoms with van der Waals surface area (Å²) < 4.78 is 5.50. The van der Waals surface area contributed by atoms with Crippen molar-refractivity contribution in [3.05, 3.63) is 0 Å². The van der Waals surface area contributed by atoms with Crippen LogP contribution in [0.2, 0.25) is 0 Å². The lowest BCUT2D eigenvalue weighted by molar-refractivity contribution is -0.0190. The summed E-state index contributed by atoms with van der Waals surface area (Å²) in [5.41, 5.74) is 6.07. The van der Waals surface area contributed by atoms with E-state index in [0.29, 0.717) is 12.1 Å². The van der Waals surface area contributed by atoms with Gasteiger partial charge in [0.2, 0.25) is 0 Å². The van der Waals surface area contributed by atoms with Crippen molar-refractivity contribution in [3.8, 4) is 0 Å². The van der Waals surface area contributed by atoms with Gasteiger partial charge >= 0.3 is 0 Å². The first-order chi connectivity index (χ1) is 6.75. The first-order valence-corrected chi connectivity index (χ1v) is 5.85. The molecule has 82 valence electrons. The van der Waals surface area contributed by atoms with Gasteiger partial charge in [0.25, 0.3) is 0 Å². The zero-order chi connectivity index (χ0) is 9.97. The Morgan fingerprint density at radius 1 is 1.50 bits per heavy atom. The first-order valence-electron chi connectivity index (χ1n) is 5.85. The molecule has 0 amide bonds. The fourth-order valence-electron chi connectivity index (χ4n) is 2.19. The molecule has 0 aromatic rings. The molecule has 0 aromatic carbocycles. The summed E-state index contributed by atoms with van der Waals surface area (Å²) in [5.74, 6) is 0.841. The van der Waals surface area contributed by atoms with Crippen LogP contribution in [0.15, 0.2) is 0 Å². The highest BCUT2D eigenvalue weighted by Crippen LogP contribution is 2.32. The second-order valence-electron chi connectivity index (χ2n) is 4.77. The Morgan fingerprint density at radius 3 is 2.93 bits per heavy atom. The van der Waals surface area contributed by atoms with Crippen molar-refractivity contribution < 1.29 is 4.74 Å². The Morgan fingerprint density at radius 2 is 2.29 bits per heavy atom. The average Bonchev–Trinajstić information content (AvgIpc) is 2.97. The maximum Gasteiger partial charge on any atom is 0.0674 e. The van der Waals surface area contributed by atoms with Crippen LogP contribution < -0.4 is 5.73 Å². The molecule has 3 heteroatoms. The van der Waals surface area contributed by atoms with Gasteiger partial charge in [-0.15, -0.1) is 0 Å². The summed E-state index contributed by atoms with van der Waals surface area (Å²) in [4.78, 5) is 2.48. The smallest absolute Gasteiger partial charge is 0.0674 e. The van der Waals surface area contributed by atoms with E-state index in [2.05, 4.69) is 11.8 Å². The van der Waals surface area contributed by atoms with E-state index < -0.39 is 0 Å². The third-order valence-electron chi connectivity index (χ3n) is 3.33. The maximum absolute atomic E-state index is 6.07. The van der Waals surface area contributed by atoms with Gasteiger partial charge in [-0.25, -0.2) is 0 Å². The normalized spacial score (nSPS) is 31.7. The number of ether oxygens (including phenoxy) is 1. The second kappa shape index (κ2) is 4.60. The Labute approximate surface area is 86.6 Å². The van der Waals surface area contributed by atoms with Crippen LogP contribution in [0.1, 0.15) is 26.2 Å². The lowest BCUT2D eigenvalue weighted by atomic mass is 10.1. The standard InChI is InChI=1S/C11H22N2O/c1-9-8-13(6-7-14-9)5-4-11(12)10-2-3-10/h9-11H,2-8,12H2,1H3. The Kier molecular flexibility index (Phi) is 3.42. The van der Waals surface area contributed by atoms with E-state index in [1.165, 1.54) is 12.8 Å². The molecule has 3 nitrogen and oxygen atoms in total. The number of rotatable bonds is 4. The van der Waals surface area contributed by atoms with Crippen molar-refractivity contribution in [2.75, 3.05) is 26.2 Å². The largest absolute Gasteiger partial charge is 0.376 e. The fraction of sp³-hybridized carbons (Fsp3) is 1.00. The monoisotopic (exact) mass is 198 g/mol. The Bertz CT molecular complexity index is 182. The average molecular weight is 198 g/mol. The van der Waals surface area contributed by atoms with Crippen LogP contribution in [0.4, 0.5) is 0 Å². The molecule has 2 unspecified atom stereocenters. The van der Waals surface area contributed by atoms with E-state index in [-0.39, 0.29) is 0 Å². The number of hydrogen-bond donors (Lipinski definition) is 1. The van der Waals surface area contributed by atoms with Crippen LogP contribution in [0.5, 0.6) is 0 Å². The van der Waals surface area contributed by atoms with Crippen molar-refractivity contribution in [1.82, 2.24) is 4.90 Å². The van der Waals surface area contributed by atoms with Crippen molar-refractivity contribution in [2.45, 2.75) is 38.3 Å². The van der Waals surface area contributed by atoms with Crippen molar-refractivity contribution in [3.63, 3.8) is 0 Å². The first kappa shape index (κ1) is 10.4. The molecule has 0 spiro atoms. The molecule has 1 aliphatic carbocycles.